The molecule has 1 aliphatic heterocycles. The summed E-state index contributed by atoms with van der Waals surface area (Å²) in [6.07, 6.45) is -0.919. The summed E-state index contributed by atoms with van der Waals surface area (Å²) < 4.78 is 38.1. The van der Waals surface area contributed by atoms with E-state index in [1.807, 2.05) is 152 Å². The van der Waals surface area contributed by atoms with Crippen LogP contribution in [0.2, 0.25) is 0 Å². The van der Waals surface area contributed by atoms with Crippen LogP contribution in [0.3, 0.4) is 0 Å². The molecule has 7 rings (SSSR count). The molecule has 0 fully saturated rings. The highest BCUT2D eigenvalue weighted by atomic mass is 16.6. The Morgan fingerprint density at radius 3 is 1.56 bits per heavy atom. The van der Waals surface area contributed by atoms with Gasteiger partial charge >= 0.3 is 5.97 Å². The van der Waals surface area contributed by atoms with Crippen LogP contribution < -0.4 is 23.7 Å². The topological polar surface area (TPSA) is 72.5 Å². The number of hydrogen-bond acceptors (Lipinski definition) is 7. The van der Waals surface area contributed by atoms with Crippen LogP contribution in [0.15, 0.2) is 152 Å². The molecule has 262 valence electrons. The van der Waals surface area contributed by atoms with Gasteiger partial charge in [-0.1, -0.05) is 127 Å². The van der Waals surface area contributed by atoms with Crippen molar-refractivity contribution in [2.24, 2.45) is 0 Å². The van der Waals surface area contributed by atoms with Crippen molar-refractivity contribution in [2.75, 3.05) is 0 Å². The van der Waals surface area contributed by atoms with Gasteiger partial charge in [-0.15, -0.1) is 0 Å². The second-order valence-corrected chi connectivity index (χ2v) is 12.6. The average Bonchev–Trinajstić information content (AvgIpc) is 3.19. The Labute approximate surface area is 304 Å². The Kier molecular flexibility index (Phi) is 11.0. The van der Waals surface area contributed by atoms with Gasteiger partial charge < -0.3 is 28.4 Å². The quantitative estimate of drug-likeness (QED) is 0.105. The van der Waals surface area contributed by atoms with Gasteiger partial charge in [0.2, 0.25) is 0 Å². The van der Waals surface area contributed by atoms with Crippen LogP contribution in [0, 0.1) is 0 Å². The minimum atomic E-state index is -0.648. The van der Waals surface area contributed by atoms with Gasteiger partial charge in [0.05, 0.1) is 0 Å². The van der Waals surface area contributed by atoms with Crippen molar-refractivity contribution in [1.29, 1.82) is 0 Å². The van der Waals surface area contributed by atoms with Gasteiger partial charge in [-0.25, -0.2) is 0 Å². The predicted octanol–water partition coefficient (Wildman–Crippen LogP) is 9.61. The molecule has 7 nitrogen and oxygen atoms in total. The van der Waals surface area contributed by atoms with E-state index in [9.17, 15) is 4.79 Å². The molecule has 0 aromatic heterocycles. The van der Waals surface area contributed by atoms with Gasteiger partial charge in [-0.2, -0.15) is 0 Å². The zero-order chi connectivity index (χ0) is 35.5. The van der Waals surface area contributed by atoms with E-state index in [-0.39, 0.29) is 0 Å². The summed E-state index contributed by atoms with van der Waals surface area (Å²) in [6.45, 7) is 2.86. The maximum atomic E-state index is 12.5. The van der Waals surface area contributed by atoms with Crippen LogP contribution in [0.1, 0.15) is 46.4 Å². The average molecular weight is 693 g/mol. The number of rotatable bonds is 14. The molecule has 0 spiro atoms. The molecule has 52 heavy (non-hydrogen) atoms. The molecule has 0 amide bonds. The summed E-state index contributed by atoms with van der Waals surface area (Å²) >= 11 is 0. The van der Waals surface area contributed by atoms with E-state index >= 15 is 0 Å². The van der Waals surface area contributed by atoms with Crippen LogP contribution in [0.4, 0.5) is 0 Å². The zero-order valence-electron chi connectivity index (χ0n) is 29.0. The Morgan fingerprint density at radius 1 is 0.558 bits per heavy atom. The zero-order valence-corrected chi connectivity index (χ0v) is 29.0. The third-order valence-corrected chi connectivity index (χ3v) is 8.71. The first-order valence-electron chi connectivity index (χ1n) is 17.4. The summed E-state index contributed by atoms with van der Waals surface area (Å²) in [6, 6.07) is 49.4. The van der Waals surface area contributed by atoms with Gasteiger partial charge in [0, 0.05) is 36.6 Å². The molecular weight excluding hydrogens is 652 g/mol. The second-order valence-electron chi connectivity index (χ2n) is 12.6. The molecule has 6 aromatic rings. The number of fused-ring (bicyclic) bond motifs is 1. The van der Waals surface area contributed by atoms with E-state index in [1.165, 1.54) is 6.92 Å². The Bertz CT molecular complexity index is 2050. The number of carbonyl (C=O) groups is 1. The van der Waals surface area contributed by atoms with Crippen molar-refractivity contribution in [3.8, 4) is 28.7 Å². The Hall–Kier alpha value is -6.21. The molecule has 1 aliphatic rings. The molecule has 0 unspecified atom stereocenters. The number of benzene rings is 6. The number of carbonyl (C=O) groups excluding carboxylic acids is 1. The highest BCUT2D eigenvalue weighted by Crippen LogP contribution is 2.45. The largest absolute Gasteiger partial charge is 0.489 e. The van der Waals surface area contributed by atoms with E-state index < -0.39 is 18.2 Å². The minimum absolute atomic E-state index is 0.345. The lowest BCUT2D eigenvalue weighted by molar-refractivity contribution is -0.152. The molecule has 7 heteroatoms. The summed E-state index contributed by atoms with van der Waals surface area (Å²) in [4.78, 5) is 12.5. The molecule has 0 saturated carbocycles. The Morgan fingerprint density at radius 2 is 1.04 bits per heavy atom. The molecule has 0 bridgehead atoms. The van der Waals surface area contributed by atoms with Gasteiger partial charge in [-0.3, -0.25) is 4.79 Å². The van der Waals surface area contributed by atoms with Gasteiger partial charge in [0.25, 0.3) is 0 Å². The van der Waals surface area contributed by atoms with Crippen molar-refractivity contribution < 1.29 is 33.2 Å². The third-order valence-electron chi connectivity index (χ3n) is 8.71. The van der Waals surface area contributed by atoms with Gasteiger partial charge in [0.1, 0.15) is 49.8 Å². The van der Waals surface area contributed by atoms with Crippen molar-refractivity contribution in [3.05, 3.63) is 185 Å². The SMILES string of the molecule is CC(=O)O[C@@H]1Cc2c(OCc3ccccc3)cc(OCc3ccccc3)cc2O[C@@H]1c1ccc(OCc2ccccc2)c(OCc2ccccc2)c1. The minimum Gasteiger partial charge on any atom is -0.489 e. The van der Waals surface area contributed by atoms with E-state index in [2.05, 4.69) is 0 Å². The van der Waals surface area contributed by atoms with Gasteiger partial charge in [-0.05, 0) is 34.4 Å². The molecule has 1 heterocycles. The summed E-state index contributed by atoms with van der Waals surface area (Å²) in [5, 5.41) is 0. The second kappa shape index (κ2) is 16.7. The third kappa shape index (κ3) is 8.92. The van der Waals surface area contributed by atoms with Crippen LogP contribution >= 0.6 is 0 Å². The van der Waals surface area contributed by atoms with Crippen LogP contribution in [0.5, 0.6) is 28.7 Å². The van der Waals surface area contributed by atoms with E-state index in [0.717, 1.165) is 33.4 Å². The highest BCUT2D eigenvalue weighted by Gasteiger charge is 2.36. The van der Waals surface area contributed by atoms with Crippen molar-refractivity contribution in [1.82, 2.24) is 0 Å². The monoisotopic (exact) mass is 692 g/mol. The number of hydrogen-bond donors (Lipinski definition) is 0. The lowest BCUT2D eigenvalue weighted by Gasteiger charge is -2.34. The first-order chi connectivity index (χ1) is 25.6. The maximum absolute atomic E-state index is 12.5. The maximum Gasteiger partial charge on any atom is 0.303 e. The number of ether oxygens (including phenoxy) is 6. The van der Waals surface area contributed by atoms with Crippen molar-refractivity contribution in [3.63, 3.8) is 0 Å². The lowest BCUT2D eigenvalue weighted by atomic mass is 9.93. The first kappa shape index (κ1) is 34.2. The summed E-state index contributed by atoms with van der Waals surface area (Å²) in [5.41, 5.74) is 5.70. The first-order valence-corrected chi connectivity index (χ1v) is 17.4. The molecule has 0 aliphatic carbocycles. The fourth-order valence-electron chi connectivity index (χ4n) is 6.11. The molecule has 6 aromatic carbocycles. The predicted molar refractivity (Wildman–Crippen MR) is 199 cm³/mol. The lowest BCUT2D eigenvalue weighted by Crippen LogP contribution is -2.34. The fourth-order valence-corrected chi connectivity index (χ4v) is 6.11. The van der Waals surface area contributed by atoms with E-state index in [1.54, 1.807) is 0 Å². The molecule has 0 saturated heterocycles. The van der Waals surface area contributed by atoms with Gasteiger partial charge in [0.15, 0.2) is 17.6 Å². The summed E-state index contributed by atoms with van der Waals surface area (Å²) in [7, 11) is 0. The molecular formula is C45H40O7. The van der Waals surface area contributed by atoms with Crippen molar-refractivity contribution in [2.45, 2.75) is 52.0 Å². The van der Waals surface area contributed by atoms with Crippen LogP contribution in [-0.2, 0) is 42.4 Å². The Balaban J connectivity index is 1.21. The standard InChI is InChI=1S/C45H40O7/c1-32(46)51-44-27-39-41(49-30-35-18-10-4-11-19-35)25-38(47-28-33-14-6-2-7-15-33)26-42(39)52-45(44)37-22-23-40(48-29-34-16-8-3-9-17-34)43(24-37)50-31-36-20-12-5-13-21-36/h2-26,44-45H,27-31H2,1H3/t44-,45-/m1/s1. The summed E-state index contributed by atoms with van der Waals surface area (Å²) in [5.74, 6) is 2.55. The van der Waals surface area contributed by atoms with E-state index in [0.29, 0.717) is 61.6 Å². The highest BCUT2D eigenvalue weighted by molar-refractivity contribution is 5.66. The number of esters is 1. The van der Waals surface area contributed by atoms with Crippen LogP contribution in [-0.4, -0.2) is 12.1 Å². The molecule has 0 radical (unpaired) electrons. The molecule has 0 N–H and O–H groups in total. The van der Waals surface area contributed by atoms with E-state index in [4.69, 9.17) is 28.4 Å². The molecule has 2 atom stereocenters. The smallest absolute Gasteiger partial charge is 0.303 e. The van der Waals surface area contributed by atoms with Crippen molar-refractivity contribution >= 4 is 5.97 Å². The fraction of sp³-hybridized carbons (Fsp3) is 0.178. The normalized spacial score (nSPS) is 14.7. The van der Waals surface area contributed by atoms with Crippen LogP contribution in [0.25, 0.3) is 0 Å².